The van der Waals surface area contributed by atoms with Crippen molar-refractivity contribution in [3.63, 3.8) is 0 Å². The topological polar surface area (TPSA) is 213 Å². The Morgan fingerprint density at radius 1 is 0.775 bits per heavy atom. The first kappa shape index (κ1) is 47.8. The predicted octanol–water partition coefficient (Wildman–Crippen LogP) is 6.06. The quantitative estimate of drug-likeness (QED) is 0.0582. The van der Waals surface area contributed by atoms with Crippen molar-refractivity contribution in [1.29, 1.82) is 0 Å². The molecule has 8 atom stereocenters. The van der Waals surface area contributed by atoms with E-state index in [-0.39, 0.29) is 37.6 Å². The first-order chi connectivity index (χ1) is 34.5. The molecule has 2 fully saturated rings. The Bertz CT molecular complexity index is 2970. The summed E-state index contributed by atoms with van der Waals surface area (Å²) >= 11 is 0. The van der Waals surface area contributed by atoms with Gasteiger partial charge in [-0.1, -0.05) is 145 Å². The third kappa shape index (κ3) is 9.19. The molecule has 3 aliphatic rings. The van der Waals surface area contributed by atoms with Crippen LogP contribution >= 0.6 is 0 Å². The normalized spacial score (nSPS) is 22.0. The molecule has 6 aromatic carbocycles. The zero-order valence-electron chi connectivity index (χ0n) is 38.7. The predicted molar refractivity (Wildman–Crippen MR) is 263 cm³/mol. The average Bonchev–Trinajstić information content (AvgIpc) is 3.86. The smallest absolute Gasteiger partial charge is 0.329 e. The number of nitrogens with two attached hydrogens (primary N) is 1. The molecule has 0 aliphatic carbocycles. The maximum absolute atomic E-state index is 16.6. The molecule has 360 valence electrons. The highest BCUT2D eigenvalue weighted by molar-refractivity contribution is 6.24. The second-order valence-corrected chi connectivity index (χ2v) is 17.6. The monoisotopic (exact) mass is 952 g/mol. The van der Waals surface area contributed by atoms with Gasteiger partial charge in [-0.3, -0.25) is 19.3 Å². The van der Waals surface area contributed by atoms with Gasteiger partial charge in [-0.15, -0.1) is 0 Å². The first-order valence-electron chi connectivity index (χ1n) is 23.3. The van der Waals surface area contributed by atoms with Gasteiger partial charge in [-0.2, -0.15) is 0 Å². The lowest BCUT2D eigenvalue weighted by Crippen LogP contribution is -2.56. The molecule has 3 aliphatic heterocycles. The van der Waals surface area contributed by atoms with E-state index in [0.717, 1.165) is 10.5 Å². The number of rotatable bonds is 13. The molecule has 1 spiro atoms. The number of primary amides is 1. The second kappa shape index (κ2) is 20.7. The summed E-state index contributed by atoms with van der Waals surface area (Å²) in [6.45, 7) is 1.16. The lowest BCUT2D eigenvalue weighted by atomic mass is 9.65. The third-order valence-electron chi connectivity index (χ3n) is 13.4. The lowest BCUT2D eigenvalue weighted by molar-refractivity contribution is -0.178. The van der Waals surface area contributed by atoms with Crippen LogP contribution < -0.4 is 31.3 Å². The summed E-state index contributed by atoms with van der Waals surface area (Å²) in [4.78, 5) is 77.4. The number of aliphatic hydroxyl groups is 2. The van der Waals surface area contributed by atoms with Crippen LogP contribution in [0.5, 0.6) is 5.75 Å². The number of nitrogens with zero attached hydrogens (tertiary/aromatic N) is 2. The van der Waals surface area contributed by atoms with Crippen LogP contribution in [0.2, 0.25) is 0 Å². The van der Waals surface area contributed by atoms with Crippen molar-refractivity contribution in [2.75, 3.05) is 31.2 Å². The van der Waals surface area contributed by atoms with Crippen molar-refractivity contribution in [2.45, 2.75) is 48.7 Å². The Balaban J connectivity index is 1.31. The van der Waals surface area contributed by atoms with Crippen LogP contribution in [-0.2, 0) is 24.5 Å². The van der Waals surface area contributed by atoms with Crippen molar-refractivity contribution < 1.29 is 43.7 Å². The highest BCUT2D eigenvalue weighted by atomic mass is 16.6. The highest BCUT2D eigenvalue weighted by Gasteiger charge is 2.75. The number of cyclic esters (lactones) is 1. The number of anilines is 1. The number of hydrogen-bond donors (Lipinski definition) is 6. The molecule has 0 radical (unpaired) electrons. The van der Waals surface area contributed by atoms with Gasteiger partial charge in [0.25, 0.3) is 0 Å². The van der Waals surface area contributed by atoms with Gasteiger partial charge >= 0.3 is 18.0 Å². The number of fused-ring (bicyclic) bond motifs is 3. The number of ether oxygens (including phenoxy) is 2. The van der Waals surface area contributed by atoms with Crippen LogP contribution in [-0.4, -0.2) is 77.3 Å². The fourth-order valence-corrected chi connectivity index (χ4v) is 10.3. The summed E-state index contributed by atoms with van der Waals surface area (Å²) < 4.78 is 12.4. The van der Waals surface area contributed by atoms with Crippen molar-refractivity contribution in [2.24, 2.45) is 11.7 Å². The van der Waals surface area contributed by atoms with Gasteiger partial charge in [0.2, 0.25) is 11.8 Å². The van der Waals surface area contributed by atoms with E-state index in [4.69, 9.17) is 15.2 Å². The molecule has 15 heteroatoms. The minimum Gasteiger partial charge on any atom is -0.491 e. The van der Waals surface area contributed by atoms with E-state index in [9.17, 15) is 15.0 Å². The van der Waals surface area contributed by atoms with E-state index >= 15 is 19.2 Å². The van der Waals surface area contributed by atoms with Crippen LogP contribution in [0.4, 0.5) is 15.3 Å². The van der Waals surface area contributed by atoms with Crippen molar-refractivity contribution in [1.82, 2.24) is 20.9 Å². The summed E-state index contributed by atoms with van der Waals surface area (Å²) in [6.07, 6.45) is -2.15. The molecule has 6 amide bonds. The zero-order chi connectivity index (χ0) is 49.6. The van der Waals surface area contributed by atoms with Crippen LogP contribution in [0.25, 0.3) is 0 Å². The molecule has 6 aromatic rings. The molecular formula is C56H52N6O9. The molecule has 9 rings (SSSR count). The molecule has 3 heterocycles. The summed E-state index contributed by atoms with van der Waals surface area (Å²) in [5.41, 5.74) is 7.08. The fraction of sp³-hybridized carbons (Fsp3) is 0.232. The summed E-state index contributed by atoms with van der Waals surface area (Å²) in [7, 11) is 0. The van der Waals surface area contributed by atoms with E-state index < -0.39 is 77.6 Å². The van der Waals surface area contributed by atoms with Gasteiger partial charge in [0.15, 0.2) is 0 Å². The lowest BCUT2D eigenvalue weighted by Gasteiger charge is -2.46. The Morgan fingerprint density at radius 3 is 2.03 bits per heavy atom. The number of imide groups is 1. The maximum atomic E-state index is 16.6. The number of esters is 1. The first-order valence-corrected chi connectivity index (χ1v) is 23.3. The molecule has 71 heavy (non-hydrogen) atoms. The van der Waals surface area contributed by atoms with E-state index in [0.29, 0.717) is 33.6 Å². The Kier molecular flexibility index (Phi) is 14.0. The standard InChI is InChI=1S/C56H52N6O9/c1-35(37-16-6-2-7-17-37)60-55(69)61-44-29-24-36(15-14-30-58-54(57)68)33-43(44)56(53(61)67)46(51(65)59-34-45(64)38-18-8-3-9-19-38)48-52(66)71-49(40-22-12-5-13-23-40)47(39-20-10-4-11-21-39)62(48)50(56)41-25-27-42(28-26-41)70-32-31-63/h2-13,16-29,33,35,45-50,63-64H,30-32,34H2,1H3,(H,59,65)(H,60,69)(H3,57,58,68)/t35-,45+,46-,47-,48-,49+,50+,56-/m1/s1. The van der Waals surface area contributed by atoms with E-state index in [2.05, 4.69) is 27.8 Å². The maximum Gasteiger partial charge on any atom is 0.329 e. The number of urea groups is 2. The fourth-order valence-electron chi connectivity index (χ4n) is 10.3. The molecule has 0 unspecified atom stereocenters. The van der Waals surface area contributed by atoms with Crippen LogP contribution in [0, 0.1) is 17.8 Å². The Morgan fingerprint density at radius 2 is 1.39 bits per heavy atom. The van der Waals surface area contributed by atoms with Gasteiger partial charge in [0.05, 0.1) is 49.0 Å². The van der Waals surface area contributed by atoms with Gasteiger partial charge in [-0.05, 0) is 70.6 Å². The van der Waals surface area contributed by atoms with Crippen molar-refractivity contribution in [3.05, 3.63) is 203 Å². The number of carbonyl (C=O) groups excluding carboxylic acids is 5. The van der Waals surface area contributed by atoms with Crippen molar-refractivity contribution >= 4 is 35.5 Å². The number of nitrogens with one attached hydrogen (secondary N) is 3. The van der Waals surface area contributed by atoms with E-state index in [1.165, 1.54) is 0 Å². The molecule has 15 nitrogen and oxygen atoms in total. The minimum atomic E-state index is -2.12. The molecule has 0 aromatic heterocycles. The highest BCUT2D eigenvalue weighted by Crippen LogP contribution is 2.66. The largest absolute Gasteiger partial charge is 0.491 e. The Hall–Kier alpha value is -8.29. The van der Waals surface area contributed by atoms with Crippen LogP contribution in [0.3, 0.4) is 0 Å². The number of morpholine rings is 1. The number of aliphatic hydroxyl groups excluding tert-OH is 2. The molecule has 0 bridgehead atoms. The number of benzene rings is 6. The number of amides is 6. The summed E-state index contributed by atoms with van der Waals surface area (Å²) in [5.74, 6) is 2.35. The molecule has 2 saturated heterocycles. The average molecular weight is 953 g/mol. The molecule has 0 saturated carbocycles. The Labute approximate surface area is 410 Å². The molecule has 7 N–H and O–H groups in total. The summed E-state index contributed by atoms with van der Waals surface area (Å²) in [6, 6.07) is 42.7. The number of hydrogen-bond acceptors (Lipinski definition) is 10. The van der Waals surface area contributed by atoms with Gasteiger partial charge in [0.1, 0.15) is 29.9 Å². The zero-order valence-corrected chi connectivity index (χ0v) is 38.7. The van der Waals surface area contributed by atoms with Gasteiger partial charge < -0.3 is 41.4 Å². The summed E-state index contributed by atoms with van der Waals surface area (Å²) in [5, 5.41) is 29.5. The van der Waals surface area contributed by atoms with E-state index in [1.54, 1.807) is 79.7 Å². The van der Waals surface area contributed by atoms with Crippen LogP contribution in [0.1, 0.15) is 76.2 Å². The van der Waals surface area contributed by atoms with Crippen molar-refractivity contribution in [3.8, 4) is 17.6 Å². The minimum absolute atomic E-state index is 0.00871. The second-order valence-electron chi connectivity index (χ2n) is 17.6. The molecular weight excluding hydrogens is 901 g/mol. The van der Waals surface area contributed by atoms with E-state index in [1.807, 2.05) is 95.9 Å². The van der Waals surface area contributed by atoms with Crippen LogP contribution in [0.15, 0.2) is 164 Å². The number of carbonyl (C=O) groups is 5. The van der Waals surface area contributed by atoms with Gasteiger partial charge in [0, 0.05) is 12.1 Å². The van der Waals surface area contributed by atoms with Gasteiger partial charge in [-0.25, -0.2) is 14.5 Å². The third-order valence-corrected chi connectivity index (χ3v) is 13.4. The SMILES string of the molecule is C[C@@H](NC(=O)N1C(=O)[C@@]2(c3cc(C#CCNC(N)=O)ccc31)[C@H](c1ccc(OCCO)cc1)N1[C@H](c3ccccc3)[C@H](c3ccccc3)OC(=O)[C@H]1[C@@H]2C(=O)NC[C@H](O)c1ccccc1)c1ccccc1.